The van der Waals surface area contributed by atoms with E-state index in [4.69, 9.17) is 0 Å². The number of nitrogens with one attached hydrogen (secondary N) is 1. The van der Waals surface area contributed by atoms with E-state index in [2.05, 4.69) is 5.32 Å². The van der Waals surface area contributed by atoms with Crippen LogP contribution in [0.1, 0.15) is 47.0 Å². The molecule has 4 heteroatoms. The van der Waals surface area contributed by atoms with E-state index in [1.165, 1.54) is 0 Å². The molecule has 0 bridgehead atoms. The molecule has 3 atom stereocenters. The number of amides is 1. The fraction of sp³-hybridized carbons (Fsp3) is 0.929. The molecule has 0 radical (unpaired) electrons. The Morgan fingerprint density at radius 3 is 2.44 bits per heavy atom. The lowest BCUT2D eigenvalue weighted by Crippen LogP contribution is -2.45. The third kappa shape index (κ3) is 3.69. The fourth-order valence-corrected chi connectivity index (χ4v) is 2.70. The second-order valence-electron chi connectivity index (χ2n) is 6.50. The van der Waals surface area contributed by atoms with Gasteiger partial charge in [0, 0.05) is 12.0 Å². The predicted octanol–water partition coefficient (Wildman–Crippen LogP) is 1.31. The third-order valence-electron chi connectivity index (χ3n) is 3.97. The van der Waals surface area contributed by atoms with Gasteiger partial charge in [0.05, 0.1) is 18.1 Å². The van der Waals surface area contributed by atoms with Crippen LogP contribution in [0, 0.1) is 17.3 Å². The molecule has 0 aromatic heterocycles. The van der Waals surface area contributed by atoms with Crippen LogP contribution in [0.5, 0.6) is 0 Å². The number of hydrogen-bond acceptors (Lipinski definition) is 3. The first kappa shape index (κ1) is 15.4. The average Bonchev–Trinajstić information content (AvgIpc) is 2.71. The molecule has 3 unspecified atom stereocenters. The van der Waals surface area contributed by atoms with E-state index >= 15 is 0 Å². The molecule has 0 heterocycles. The Morgan fingerprint density at radius 2 is 2.00 bits per heavy atom. The van der Waals surface area contributed by atoms with E-state index in [1.54, 1.807) is 0 Å². The molecule has 1 saturated carbocycles. The summed E-state index contributed by atoms with van der Waals surface area (Å²) in [5.74, 6) is -0.185. The van der Waals surface area contributed by atoms with Gasteiger partial charge in [-0.3, -0.25) is 4.79 Å². The van der Waals surface area contributed by atoms with Crippen molar-refractivity contribution in [3.05, 3.63) is 0 Å². The summed E-state index contributed by atoms with van der Waals surface area (Å²) in [6.07, 6.45) is 1.45. The number of aliphatic hydroxyl groups excluding tert-OH is 2. The van der Waals surface area contributed by atoms with Crippen molar-refractivity contribution in [3.63, 3.8) is 0 Å². The highest BCUT2D eigenvalue weighted by Crippen LogP contribution is 2.27. The molecule has 0 aliphatic heterocycles. The summed E-state index contributed by atoms with van der Waals surface area (Å²) in [4.78, 5) is 11.9. The van der Waals surface area contributed by atoms with Gasteiger partial charge in [-0.1, -0.05) is 27.7 Å². The second kappa shape index (κ2) is 6.02. The average molecular weight is 257 g/mol. The van der Waals surface area contributed by atoms with Crippen LogP contribution in [0.25, 0.3) is 0 Å². The second-order valence-corrected chi connectivity index (χ2v) is 6.50. The molecule has 106 valence electrons. The Balaban J connectivity index is 2.46. The lowest BCUT2D eigenvalue weighted by atomic mass is 9.80. The molecule has 0 aromatic carbocycles. The van der Waals surface area contributed by atoms with Crippen molar-refractivity contribution in [1.29, 1.82) is 0 Å². The van der Waals surface area contributed by atoms with Crippen molar-refractivity contribution >= 4 is 5.91 Å². The summed E-state index contributed by atoms with van der Waals surface area (Å²) in [6.45, 7) is 8.27. The zero-order valence-electron chi connectivity index (χ0n) is 11.9. The number of aliphatic hydroxyl groups is 2. The number of hydrogen-bond donors (Lipinski definition) is 3. The van der Waals surface area contributed by atoms with Crippen LogP contribution in [0.2, 0.25) is 0 Å². The van der Waals surface area contributed by atoms with Crippen molar-refractivity contribution in [2.75, 3.05) is 6.54 Å². The van der Waals surface area contributed by atoms with Crippen LogP contribution in [-0.4, -0.2) is 34.9 Å². The van der Waals surface area contributed by atoms with Crippen molar-refractivity contribution in [3.8, 4) is 0 Å². The summed E-state index contributed by atoms with van der Waals surface area (Å²) in [7, 11) is 0. The predicted molar refractivity (Wildman–Crippen MR) is 71.0 cm³/mol. The normalized spacial score (nSPS) is 26.4. The van der Waals surface area contributed by atoms with Gasteiger partial charge in [-0.15, -0.1) is 0 Å². The first-order chi connectivity index (χ1) is 8.25. The van der Waals surface area contributed by atoms with Gasteiger partial charge in [-0.05, 0) is 25.2 Å². The number of carbonyl (C=O) groups excluding carboxylic acids is 1. The van der Waals surface area contributed by atoms with Crippen LogP contribution in [0.3, 0.4) is 0 Å². The Hall–Kier alpha value is -0.610. The molecule has 4 nitrogen and oxygen atoms in total. The van der Waals surface area contributed by atoms with Crippen LogP contribution >= 0.6 is 0 Å². The molecule has 0 spiro atoms. The van der Waals surface area contributed by atoms with Gasteiger partial charge in [0.2, 0.25) is 5.91 Å². The number of carbonyl (C=O) groups is 1. The lowest BCUT2D eigenvalue weighted by molar-refractivity contribution is -0.128. The van der Waals surface area contributed by atoms with E-state index in [9.17, 15) is 15.0 Å². The smallest absolute Gasteiger partial charge is 0.225 e. The zero-order chi connectivity index (χ0) is 13.9. The molecule has 1 aliphatic carbocycles. The molecule has 18 heavy (non-hydrogen) atoms. The van der Waals surface area contributed by atoms with E-state index < -0.39 is 12.2 Å². The Bertz CT molecular complexity index is 289. The summed E-state index contributed by atoms with van der Waals surface area (Å²) in [5.41, 5.74) is -0.354. The molecule has 0 saturated heterocycles. The molecule has 3 N–H and O–H groups in total. The standard InChI is InChI=1S/C14H27NO3/c1-9(2)12(17)14(3,4)8-15-13(18)10-6-5-7-11(10)16/h9-12,16-17H,5-8H2,1-4H3,(H,15,18). The molecule has 1 aliphatic rings. The van der Waals surface area contributed by atoms with Crippen LogP contribution < -0.4 is 5.32 Å². The zero-order valence-corrected chi connectivity index (χ0v) is 11.9. The van der Waals surface area contributed by atoms with Gasteiger partial charge in [0.1, 0.15) is 0 Å². The Morgan fingerprint density at radius 1 is 1.39 bits per heavy atom. The van der Waals surface area contributed by atoms with Gasteiger partial charge in [-0.2, -0.15) is 0 Å². The van der Waals surface area contributed by atoms with Gasteiger partial charge in [-0.25, -0.2) is 0 Å². The van der Waals surface area contributed by atoms with Crippen molar-refractivity contribution in [2.45, 2.75) is 59.2 Å². The Labute approximate surface area is 110 Å². The Kier molecular flexibility index (Phi) is 5.17. The SMILES string of the molecule is CC(C)C(O)C(C)(C)CNC(=O)C1CCCC1O. The maximum absolute atomic E-state index is 11.9. The molecule has 1 fully saturated rings. The topological polar surface area (TPSA) is 69.6 Å². The highest BCUT2D eigenvalue weighted by molar-refractivity contribution is 5.79. The molecule has 0 aromatic rings. The van der Waals surface area contributed by atoms with E-state index in [1.807, 2.05) is 27.7 Å². The third-order valence-corrected chi connectivity index (χ3v) is 3.97. The van der Waals surface area contributed by atoms with E-state index in [0.29, 0.717) is 6.54 Å². The quantitative estimate of drug-likeness (QED) is 0.695. The molecular formula is C14H27NO3. The number of rotatable bonds is 5. The first-order valence-corrected chi connectivity index (χ1v) is 6.89. The molecule has 1 amide bonds. The van der Waals surface area contributed by atoms with E-state index in [-0.39, 0.29) is 23.2 Å². The largest absolute Gasteiger partial charge is 0.392 e. The van der Waals surface area contributed by atoms with Gasteiger partial charge >= 0.3 is 0 Å². The summed E-state index contributed by atoms with van der Waals surface area (Å²) in [6, 6.07) is 0. The van der Waals surface area contributed by atoms with E-state index in [0.717, 1.165) is 19.3 Å². The van der Waals surface area contributed by atoms with Gasteiger partial charge < -0.3 is 15.5 Å². The highest BCUT2D eigenvalue weighted by Gasteiger charge is 2.34. The maximum Gasteiger partial charge on any atom is 0.225 e. The summed E-state index contributed by atoms with van der Waals surface area (Å²) >= 11 is 0. The van der Waals surface area contributed by atoms with Gasteiger partial charge in [0.25, 0.3) is 0 Å². The van der Waals surface area contributed by atoms with Crippen molar-refractivity contribution < 1.29 is 15.0 Å². The highest BCUT2D eigenvalue weighted by atomic mass is 16.3. The van der Waals surface area contributed by atoms with Crippen LogP contribution in [0.15, 0.2) is 0 Å². The fourth-order valence-electron chi connectivity index (χ4n) is 2.70. The minimum Gasteiger partial charge on any atom is -0.392 e. The maximum atomic E-state index is 11.9. The van der Waals surface area contributed by atoms with Crippen LogP contribution in [0.4, 0.5) is 0 Å². The van der Waals surface area contributed by atoms with Crippen molar-refractivity contribution in [2.24, 2.45) is 17.3 Å². The van der Waals surface area contributed by atoms with Gasteiger partial charge in [0.15, 0.2) is 0 Å². The van der Waals surface area contributed by atoms with Crippen LogP contribution in [-0.2, 0) is 4.79 Å². The summed E-state index contributed by atoms with van der Waals surface area (Å²) < 4.78 is 0. The molecular weight excluding hydrogens is 230 g/mol. The minimum absolute atomic E-state index is 0.0796. The molecule has 1 rings (SSSR count). The monoisotopic (exact) mass is 257 g/mol. The van der Waals surface area contributed by atoms with Crippen molar-refractivity contribution in [1.82, 2.24) is 5.32 Å². The first-order valence-electron chi connectivity index (χ1n) is 6.89. The summed E-state index contributed by atoms with van der Waals surface area (Å²) in [5, 5.41) is 22.6. The minimum atomic E-state index is -0.497. The lowest BCUT2D eigenvalue weighted by Gasteiger charge is -2.33.